The molecular weight excluding hydrogens is 246 g/mol. The second-order valence-electron chi connectivity index (χ2n) is 4.10. The van der Waals surface area contributed by atoms with Gasteiger partial charge in [-0.25, -0.2) is 0 Å². The molecule has 3 heteroatoms. The van der Waals surface area contributed by atoms with Crippen molar-refractivity contribution in [1.29, 1.82) is 0 Å². The fourth-order valence-electron chi connectivity index (χ4n) is 1.89. The summed E-state index contributed by atoms with van der Waals surface area (Å²) in [5.74, 6) is -0.0659. The minimum Gasteiger partial charge on any atom is -0.345 e. The third-order valence-electron chi connectivity index (χ3n) is 2.66. The van der Waals surface area contributed by atoms with Crippen molar-refractivity contribution in [2.45, 2.75) is 13.0 Å². The molecule has 1 atom stereocenters. The highest BCUT2D eigenvalue weighted by Crippen LogP contribution is 2.24. The molecule has 0 heterocycles. The highest BCUT2D eigenvalue weighted by Gasteiger charge is 2.14. The number of carbonyl (C=O) groups excluding carboxylic acids is 1. The van der Waals surface area contributed by atoms with Gasteiger partial charge >= 0.3 is 0 Å². The monoisotopic (exact) mass is 259 g/mol. The molecule has 0 spiro atoms. The fourth-order valence-corrected chi connectivity index (χ4v) is 2.09. The molecule has 2 aromatic carbocycles. The van der Waals surface area contributed by atoms with Gasteiger partial charge in [-0.3, -0.25) is 4.79 Å². The van der Waals surface area contributed by atoms with E-state index in [0.717, 1.165) is 11.1 Å². The maximum atomic E-state index is 11.3. The molecule has 2 rings (SSSR count). The van der Waals surface area contributed by atoms with Crippen molar-refractivity contribution in [3.8, 4) is 0 Å². The normalized spacial score (nSPS) is 11.9. The first-order chi connectivity index (χ1) is 8.66. The predicted molar refractivity (Wildman–Crippen MR) is 73.6 cm³/mol. The SMILES string of the molecule is CC(=O)NC(c1ccccc1)c1cccc(Cl)c1. The van der Waals surface area contributed by atoms with Crippen LogP contribution in [0.4, 0.5) is 0 Å². The minimum atomic E-state index is -0.164. The molecule has 0 aliphatic heterocycles. The van der Waals surface area contributed by atoms with Crippen LogP contribution in [0.15, 0.2) is 54.6 Å². The smallest absolute Gasteiger partial charge is 0.217 e. The first-order valence-corrected chi connectivity index (χ1v) is 6.12. The Balaban J connectivity index is 2.40. The van der Waals surface area contributed by atoms with E-state index >= 15 is 0 Å². The molecule has 1 amide bonds. The van der Waals surface area contributed by atoms with Gasteiger partial charge in [-0.05, 0) is 23.3 Å². The lowest BCUT2D eigenvalue weighted by molar-refractivity contribution is -0.119. The lowest BCUT2D eigenvalue weighted by Crippen LogP contribution is -2.26. The molecule has 0 fully saturated rings. The van der Waals surface area contributed by atoms with Gasteiger partial charge in [0.15, 0.2) is 0 Å². The van der Waals surface area contributed by atoms with E-state index in [-0.39, 0.29) is 11.9 Å². The second kappa shape index (κ2) is 5.69. The summed E-state index contributed by atoms with van der Waals surface area (Å²) in [6, 6.07) is 17.2. The van der Waals surface area contributed by atoms with E-state index in [1.807, 2.05) is 54.6 Å². The Kier molecular flexibility index (Phi) is 4.00. The maximum absolute atomic E-state index is 11.3. The largest absolute Gasteiger partial charge is 0.345 e. The Labute approximate surface area is 112 Å². The molecule has 2 nitrogen and oxygen atoms in total. The van der Waals surface area contributed by atoms with Gasteiger partial charge in [0.1, 0.15) is 0 Å². The Morgan fingerprint density at radius 2 is 1.72 bits per heavy atom. The van der Waals surface area contributed by atoms with Gasteiger partial charge in [-0.15, -0.1) is 0 Å². The highest BCUT2D eigenvalue weighted by molar-refractivity contribution is 6.30. The molecule has 1 unspecified atom stereocenters. The van der Waals surface area contributed by atoms with Crippen LogP contribution in [-0.2, 0) is 4.79 Å². The number of hydrogen-bond donors (Lipinski definition) is 1. The van der Waals surface area contributed by atoms with Crippen molar-refractivity contribution in [3.63, 3.8) is 0 Å². The van der Waals surface area contributed by atoms with Crippen LogP contribution in [0.3, 0.4) is 0 Å². The van der Waals surface area contributed by atoms with Crippen molar-refractivity contribution < 1.29 is 4.79 Å². The number of hydrogen-bond acceptors (Lipinski definition) is 1. The third-order valence-corrected chi connectivity index (χ3v) is 2.90. The van der Waals surface area contributed by atoms with E-state index in [2.05, 4.69) is 5.32 Å². The van der Waals surface area contributed by atoms with Crippen molar-refractivity contribution in [3.05, 3.63) is 70.7 Å². The van der Waals surface area contributed by atoms with E-state index in [1.54, 1.807) is 0 Å². The Morgan fingerprint density at radius 1 is 1.06 bits per heavy atom. The Bertz CT molecular complexity index is 539. The van der Waals surface area contributed by atoms with Gasteiger partial charge in [0.25, 0.3) is 0 Å². The van der Waals surface area contributed by atoms with Gasteiger partial charge in [0.05, 0.1) is 6.04 Å². The fraction of sp³-hybridized carbons (Fsp3) is 0.133. The number of carbonyl (C=O) groups is 1. The zero-order valence-corrected chi connectivity index (χ0v) is 10.8. The summed E-state index contributed by atoms with van der Waals surface area (Å²) in [6.07, 6.45) is 0. The Morgan fingerprint density at radius 3 is 2.33 bits per heavy atom. The molecule has 0 saturated carbocycles. The lowest BCUT2D eigenvalue weighted by Gasteiger charge is -2.19. The predicted octanol–water partition coefficient (Wildman–Crippen LogP) is 3.57. The van der Waals surface area contributed by atoms with Crippen LogP contribution >= 0.6 is 11.6 Å². The van der Waals surface area contributed by atoms with Gasteiger partial charge < -0.3 is 5.32 Å². The summed E-state index contributed by atoms with van der Waals surface area (Å²) in [4.78, 5) is 11.3. The van der Waals surface area contributed by atoms with Crippen molar-refractivity contribution in [2.75, 3.05) is 0 Å². The van der Waals surface area contributed by atoms with E-state index in [4.69, 9.17) is 11.6 Å². The zero-order chi connectivity index (χ0) is 13.0. The van der Waals surface area contributed by atoms with Gasteiger partial charge in [0, 0.05) is 11.9 Å². The summed E-state index contributed by atoms with van der Waals surface area (Å²) in [5.41, 5.74) is 2.01. The van der Waals surface area contributed by atoms with Crippen molar-refractivity contribution >= 4 is 17.5 Å². The quantitative estimate of drug-likeness (QED) is 0.897. The van der Waals surface area contributed by atoms with Crippen LogP contribution in [-0.4, -0.2) is 5.91 Å². The number of rotatable bonds is 3. The van der Waals surface area contributed by atoms with Crippen molar-refractivity contribution in [2.24, 2.45) is 0 Å². The molecule has 0 bridgehead atoms. The molecule has 0 aliphatic rings. The molecule has 0 aliphatic carbocycles. The first kappa shape index (κ1) is 12.7. The van der Waals surface area contributed by atoms with E-state index in [1.165, 1.54) is 6.92 Å². The molecule has 0 aromatic heterocycles. The second-order valence-corrected chi connectivity index (χ2v) is 4.54. The van der Waals surface area contributed by atoms with Gasteiger partial charge in [-0.1, -0.05) is 54.1 Å². The van der Waals surface area contributed by atoms with Crippen LogP contribution in [0.25, 0.3) is 0 Å². The molecule has 0 radical (unpaired) electrons. The standard InChI is InChI=1S/C15H14ClNO/c1-11(18)17-15(12-6-3-2-4-7-12)13-8-5-9-14(16)10-13/h2-10,15H,1H3,(H,17,18). The maximum Gasteiger partial charge on any atom is 0.217 e. The molecule has 1 N–H and O–H groups in total. The Hall–Kier alpha value is -1.80. The van der Waals surface area contributed by atoms with Crippen LogP contribution in [0.5, 0.6) is 0 Å². The summed E-state index contributed by atoms with van der Waals surface area (Å²) < 4.78 is 0. The van der Waals surface area contributed by atoms with Crippen molar-refractivity contribution in [1.82, 2.24) is 5.32 Å². The lowest BCUT2D eigenvalue weighted by atomic mass is 9.99. The molecule has 2 aromatic rings. The zero-order valence-electron chi connectivity index (χ0n) is 10.1. The summed E-state index contributed by atoms with van der Waals surface area (Å²) in [6.45, 7) is 1.51. The van der Waals surface area contributed by atoms with E-state index < -0.39 is 0 Å². The van der Waals surface area contributed by atoms with Crippen LogP contribution in [0.1, 0.15) is 24.1 Å². The third kappa shape index (κ3) is 3.11. The average Bonchev–Trinajstić information content (AvgIpc) is 2.37. The molecule has 92 valence electrons. The molecule has 18 heavy (non-hydrogen) atoms. The highest BCUT2D eigenvalue weighted by atomic mass is 35.5. The van der Waals surface area contributed by atoms with Gasteiger partial charge in [0.2, 0.25) is 5.91 Å². The number of halogens is 1. The molecular formula is C15H14ClNO. The number of nitrogens with one attached hydrogen (secondary N) is 1. The van der Waals surface area contributed by atoms with E-state index in [0.29, 0.717) is 5.02 Å². The van der Waals surface area contributed by atoms with Gasteiger partial charge in [-0.2, -0.15) is 0 Å². The topological polar surface area (TPSA) is 29.1 Å². The minimum absolute atomic E-state index is 0.0659. The van der Waals surface area contributed by atoms with Crippen LogP contribution in [0, 0.1) is 0 Å². The first-order valence-electron chi connectivity index (χ1n) is 5.74. The molecule has 0 saturated heterocycles. The van der Waals surface area contributed by atoms with Crippen LogP contribution < -0.4 is 5.32 Å². The van der Waals surface area contributed by atoms with Crippen LogP contribution in [0.2, 0.25) is 5.02 Å². The summed E-state index contributed by atoms with van der Waals surface area (Å²) in [5, 5.41) is 3.61. The summed E-state index contributed by atoms with van der Waals surface area (Å²) >= 11 is 6.00. The summed E-state index contributed by atoms with van der Waals surface area (Å²) in [7, 11) is 0. The number of benzene rings is 2. The number of amides is 1. The average molecular weight is 260 g/mol. The van der Waals surface area contributed by atoms with E-state index in [9.17, 15) is 4.79 Å².